The summed E-state index contributed by atoms with van der Waals surface area (Å²) in [5, 5.41) is 15.5. The number of aromatic nitrogens is 2. The molecule has 2 rings (SSSR count). The predicted octanol–water partition coefficient (Wildman–Crippen LogP) is 1.61. The molecule has 1 amide bonds. The van der Waals surface area contributed by atoms with Gasteiger partial charge in [0, 0.05) is 24.0 Å². The molecule has 11 heteroatoms. The van der Waals surface area contributed by atoms with Crippen molar-refractivity contribution >= 4 is 33.5 Å². The molecular weight excluding hydrogens is 398 g/mol. The molecule has 0 saturated carbocycles. The van der Waals surface area contributed by atoms with Crippen molar-refractivity contribution in [2.45, 2.75) is 33.4 Å². The van der Waals surface area contributed by atoms with Gasteiger partial charge in [-0.3, -0.25) is 4.79 Å². The zero-order valence-corrected chi connectivity index (χ0v) is 17.4. The first kappa shape index (κ1) is 22.4. The number of nitrogens with two attached hydrogens (primary N) is 1. The molecule has 0 aliphatic carbocycles. The molecule has 0 aliphatic rings. The van der Waals surface area contributed by atoms with Gasteiger partial charge in [-0.1, -0.05) is 13.8 Å². The topological polar surface area (TPSA) is 157 Å². The molecule has 0 spiro atoms. The number of hydrogen-bond acceptors (Lipinski definition) is 9. The van der Waals surface area contributed by atoms with Crippen LogP contribution in [0.25, 0.3) is 0 Å². The molecular formula is C18H25N5O5S. The number of anilines is 3. The summed E-state index contributed by atoms with van der Waals surface area (Å²) in [5.74, 6) is 0.0678. The van der Waals surface area contributed by atoms with E-state index in [-0.39, 0.29) is 41.6 Å². The third-order valence-corrected chi connectivity index (χ3v) is 4.57. The molecule has 1 aromatic carbocycles. The maximum absolute atomic E-state index is 11.7. The highest BCUT2D eigenvalue weighted by molar-refractivity contribution is 7.86. The number of hydrogen-bond donors (Lipinski definition) is 4. The number of carbonyl (C=O) groups excluding carboxylic acids is 1. The number of benzene rings is 1. The Labute approximate surface area is 169 Å². The van der Waals surface area contributed by atoms with Crippen molar-refractivity contribution in [2.24, 2.45) is 11.7 Å². The number of nitrogens with one attached hydrogen (secondary N) is 2. The molecule has 158 valence electrons. The number of primary amides is 1. The van der Waals surface area contributed by atoms with E-state index in [4.69, 9.17) is 9.92 Å². The maximum Gasteiger partial charge on any atom is 0.306 e. The van der Waals surface area contributed by atoms with E-state index in [1.807, 2.05) is 20.8 Å². The van der Waals surface area contributed by atoms with Gasteiger partial charge >= 0.3 is 10.1 Å². The number of aliphatic hydroxyl groups excluding tert-OH is 1. The van der Waals surface area contributed by atoms with Gasteiger partial charge in [-0.25, -0.2) is 4.98 Å². The van der Waals surface area contributed by atoms with Crippen molar-refractivity contribution in [2.75, 3.05) is 16.9 Å². The van der Waals surface area contributed by atoms with Crippen LogP contribution in [0.3, 0.4) is 0 Å². The Kier molecular flexibility index (Phi) is 6.98. The van der Waals surface area contributed by atoms with Gasteiger partial charge in [-0.2, -0.15) is 13.4 Å². The molecule has 10 nitrogen and oxygen atoms in total. The van der Waals surface area contributed by atoms with Gasteiger partial charge in [0.05, 0.1) is 18.4 Å². The number of amides is 1. The summed E-state index contributed by atoms with van der Waals surface area (Å²) in [6.45, 7) is 5.66. The summed E-state index contributed by atoms with van der Waals surface area (Å²) in [6.07, 6.45) is 2.22. The van der Waals surface area contributed by atoms with Crippen LogP contribution in [0.15, 0.2) is 24.4 Å². The van der Waals surface area contributed by atoms with Crippen molar-refractivity contribution in [3.63, 3.8) is 0 Å². The van der Waals surface area contributed by atoms with Crippen molar-refractivity contribution in [3.05, 3.63) is 35.5 Å². The van der Waals surface area contributed by atoms with E-state index in [1.165, 1.54) is 18.3 Å². The molecule has 1 heterocycles. The number of carbonyl (C=O) groups is 1. The fraction of sp³-hybridized carbons (Fsp3) is 0.389. The van der Waals surface area contributed by atoms with E-state index in [0.717, 1.165) is 6.26 Å². The van der Waals surface area contributed by atoms with Crippen molar-refractivity contribution < 1.29 is 22.5 Å². The first-order valence-corrected chi connectivity index (χ1v) is 10.6. The fourth-order valence-corrected chi connectivity index (χ4v) is 2.74. The van der Waals surface area contributed by atoms with Crippen LogP contribution in [0.2, 0.25) is 0 Å². The van der Waals surface area contributed by atoms with Gasteiger partial charge in [0.15, 0.2) is 0 Å². The minimum absolute atomic E-state index is 0.0170. The average molecular weight is 423 g/mol. The molecule has 0 aliphatic heterocycles. The van der Waals surface area contributed by atoms with E-state index in [9.17, 15) is 18.3 Å². The van der Waals surface area contributed by atoms with Crippen LogP contribution in [0.5, 0.6) is 5.75 Å². The van der Waals surface area contributed by atoms with Crippen LogP contribution in [0.1, 0.15) is 36.7 Å². The molecule has 0 unspecified atom stereocenters. The van der Waals surface area contributed by atoms with Crippen LogP contribution in [0.4, 0.5) is 17.5 Å². The lowest BCUT2D eigenvalue weighted by molar-refractivity contribution is 0.100. The third-order valence-electron chi connectivity index (χ3n) is 4.07. The highest BCUT2D eigenvalue weighted by Gasteiger charge is 2.16. The van der Waals surface area contributed by atoms with E-state index >= 15 is 0 Å². The highest BCUT2D eigenvalue weighted by atomic mass is 32.2. The van der Waals surface area contributed by atoms with Gasteiger partial charge in [0.1, 0.15) is 11.6 Å². The van der Waals surface area contributed by atoms with Crippen LogP contribution in [0, 0.1) is 5.92 Å². The largest absolute Gasteiger partial charge is 0.392 e. The highest BCUT2D eigenvalue weighted by Crippen LogP contribution is 2.25. The monoisotopic (exact) mass is 423 g/mol. The Hall–Kier alpha value is -2.92. The Balaban J connectivity index is 2.38. The van der Waals surface area contributed by atoms with Crippen molar-refractivity contribution in [1.82, 2.24) is 9.97 Å². The second kappa shape index (κ2) is 9.05. The minimum atomic E-state index is -3.74. The number of nitrogens with zero attached hydrogens (tertiary/aromatic N) is 2. The number of rotatable bonds is 9. The minimum Gasteiger partial charge on any atom is -0.392 e. The standard InChI is InChI=1S/C18H25N5O5S/c1-10(2)11(3)21-17-15(16(19)25)8-20-18(23-17)22-13-5-12(9-24)6-14(7-13)28-29(4,26)27/h5-8,10-11,24H,9H2,1-4H3,(H2,19,25)(H2,20,21,22,23)/t11-/m1/s1. The smallest absolute Gasteiger partial charge is 0.306 e. The summed E-state index contributed by atoms with van der Waals surface area (Å²) in [6, 6.07) is 4.43. The lowest BCUT2D eigenvalue weighted by Gasteiger charge is -2.20. The Bertz CT molecular complexity index is 994. The van der Waals surface area contributed by atoms with Crippen molar-refractivity contribution in [1.29, 1.82) is 0 Å². The van der Waals surface area contributed by atoms with E-state index < -0.39 is 16.0 Å². The normalized spacial score (nSPS) is 12.5. The average Bonchev–Trinajstić information content (AvgIpc) is 2.59. The first-order valence-electron chi connectivity index (χ1n) is 8.83. The van der Waals surface area contributed by atoms with Gasteiger partial charge in [-0.15, -0.1) is 0 Å². The molecule has 0 fully saturated rings. The molecule has 1 atom stereocenters. The van der Waals surface area contributed by atoms with Crippen molar-refractivity contribution in [3.8, 4) is 5.75 Å². The van der Waals surface area contributed by atoms with E-state index in [2.05, 4.69) is 20.6 Å². The summed E-state index contributed by atoms with van der Waals surface area (Å²) in [4.78, 5) is 20.1. The lowest BCUT2D eigenvalue weighted by atomic mass is 10.1. The summed E-state index contributed by atoms with van der Waals surface area (Å²) in [7, 11) is -3.74. The van der Waals surface area contributed by atoms with Crippen LogP contribution < -0.4 is 20.6 Å². The Morgan fingerprint density at radius 3 is 2.52 bits per heavy atom. The Morgan fingerprint density at radius 2 is 1.97 bits per heavy atom. The second-order valence-electron chi connectivity index (χ2n) is 6.93. The molecule has 5 N–H and O–H groups in total. The first-order chi connectivity index (χ1) is 13.5. The summed E-state index contributed by atoms with van der Waals surface area (Å²) in [5.41, 5.74) is 6.37. The zero-order valence-electron chi connectivity index (χ0n) is 16.6. The number of aliphatic hydroxyl groups is 1. The van der Waals surface area contributed by atoms with E-state index in [0.29, 0.717) is 11.3 Å². The third kappa shape index (κ3) is 6.57. The SMILES string of the molecule is CC(C)[C@@H](C)Nc1nc(Nc2cc(CO)cc(OS(C)(=O)=O)c2)ncc1C(N)=O. The van der Waals surface area contributed by atoms with Gasteiger partial charge in [0.2, 0.25) is 5.95 Å². The summed E-state index contributed by atoms with van der Waals surface area (Å²) < 4.78 is 27.7. The predicted molar refractivity (Wildman–Crippen MR) is 110 cm³/mol. The molecule has 2 aromatic rings. The molecule has 0 bridgehead atoms. The molecule has 0 saturated heterocycles. The molecule has 0 radical (unpaired) electrons. The molecule has 29 heavy (non-hydrogen) atoms. The molecule has 1 aromatic heterocycles. The lowest BCUT2D eigenvalue weighted by Crippen LogP contribution is -2.25. The fourth-order valence-electron chi connectivity index (χ4n) is 2.29. The van der Waals surface area contributed by atoms with Gasteiger partial charge < -0.3 is 25.7 Å². The second-order valence-corrected chi connectivity index (χ2v) is 8.51. The Morgan fingerprint density at radius 1 is 1.28 bits per heavy atom. The maximum atomic E-state index is 11.7. The zero-order chi connectivity index (χ0) is 21.8. The summed E-state index contributed by atoms with van der Waals surface area (Å²) >= 11 is 0. The van der Waals surface area contributed by atoms with Crippen LogP contribution >= 0.6 is 0 Å². The van der Waals surface area contributed by atoms with Gasteiger partial charge in [-0.05, 0) is 30.5 Å². The van der Waals surface area contributed by atoms with Crippen LogP contribution in [-0.4, -0.2) is 41.7 Å². The van der Waals surface area contributed by atoms with Gasteiger partial charge in [0.25, 0.3) is 5.91 Å². The quantitative estimate of drug-likeness (QED) is 0.440. The van der Waals surface area contributed by atoms with Crippen LogP contribution in [-0.2, 0) is 16.7 Å². The van der Waals surface area contributed by atoms with E-state index in [1.54, 1.807) is 6.07 Å².